The summed E-state index contributed by atoms with van der Waals surface area (Å²) in [6.07, 6.45) is 0.858. The van der Waals surface area contributed by atoms with Crippen LogP contribution in [-0.2, 0) is 4.79 Å². The maximum atomic E-state index is 11.7. The van der Waals surface area contributed by atoms with E-state index in [4.69, 9.17) is 14.9 Å². The Balaban J connectivity index is 2.52. The summed E-state index contributed by atoms with van der Waals surface area (Å²) in [7, 11) is 0. The SMILES string of the molecule is CCCOc1ccc(NC(=O)N[C@@H](CCO)C(=O)O)cc1. The average Bonchev–Trinajstić information content (AvgIpc) is 2.46. The van der Waals surface area contributed by atoms with Gasteiger partial charge in [0.05, 0.1) is 6.61 Å². The zero-order valence-electron chi connectivity index (χ0n) is 11.8. The second-order valence-electron chi connectivity index (χ2n) is 4.37. The first-order valence-corrected chi connectivity index (χ1v) is 6.70. The molecule has 0 heterocycles. The topological polar surface area (TPSA) is 108 Å². The Morgan fingerprint density at radius 3 is 2.48 bits per heavy atom. The summed E-state index contributed by atoms with van der Waals surface area (Å²) in [6.45, 7) is 2.31. The third-order valence-electron chi connectivity index (χ3n) is 2.61. The summed E-state index contributed by atoms with van der Waals surface area (Å²) in [5.74, 6) is -0.492. The number of carbonyl (C=O) groups excluding carboxylic acids is 1. The van der Waals surface area contributed by atoms with Crippen LogP contribution in [0, 0.1) is 0 Å². The molecule has 0 radical (unpaired) electrons. The number of anilines is 1. The van der Waals surface area contributed by atoms with Gasteiger partial charge < -0.3 is 25.6 Å². The van der Waals surface area contributed by atoms with Gasteiger partial charge >= 0.3 is 12.0 Å². The number of amides is 2. The molecule has 0 saturated heterocycles. The number of aliphatic hydroxyl groups is 1. The second kappa shape index (κ2) is 8.80. The number of urea groups is 1. The molecule has 0 fully saturated rings. The zero-order valence-corrected chi connectivity index (χ0v) is 11.8. The van der Waals surface area contributed by atoms with Gasteiger partial charge in [0.25, 0.3) is 0 Å². The van der Waals surface area contributed by atoms with Crippen LogP contribution in [0.1, 0.15) is 19.8 Å². The first-order valence-electron chi connectivity index (χ1n) is 6.70. The molecule has 4 N–H and O–H groups in total. The van der Waals surface area contributed by atoms with Crippen LogP contribution in [0.5, 0.6) is 5.75 Å². The van der Waals surface area contributed by atoms with Gasteiger partial charge in [-0.15, -0.1) is 0 Å². The number of carbonyl (C=O) groups is 2. The molecule has 0 saturated carbocycles. The van der Waals surface area contributed by atoms with Crippen LogP contribution >= 0.6 is 0 Å². The molecular formula is C14H20N2O5. The number of carboxylic acids is 1. The predicted octanol–water partition coefficient (Wildman–Crippen LogP) is 1.43. The molecular weight excluding hydrogens is 276 g/mol. The molecule has 1 aromatic rings. The molecule has 0 aliphatic heterocycles. The van der Waals surface area contributed by atoms with Gasteiger partial charge in [-0.05, 0) is 30.7 Å². The van der Waals surface area contributed by atoms with Crippen molar-refractivity contribution in [3.63, 3.8) is 0 Å². The zero-order chi connectivity index (χ0) is 15.7. The molecule has 7 heteroatoms. The summed E-state index contributed by atoms with van der Waals surface area (Å²) in [4.78, 5) is 22.5. The van der Waals surface area contributed by atoms with Gasteiger partial charge in [0.15, 0.2) is 0 Å². The number of aliphatic carboxylic acids is 1. The van der Waals surface area contributed by atoms with Crippen LogP contribution in [0.4, 0.5) is 10.5 Å². The van der Waals surface area contributed by atoms with Crippen LogP contribution in [0.2, 0.25) is 0 Å². The summed E-state index contributed by atoms with van der Waals surface area (Å²) < 4.78 is 5.41. The molecule has 1 rings (SSSR count). The van der Waals surface area contributed by atoms with Crippen LogP contribution < -0.4 is 15.4 Å². The fourth-order valence-electron chi connectivity index (χ4n) is 1.57. The average molecular weight is 296 g/mol. The summed E-state index contributed by atoms with van der Waals surface area (Å²) >= 11 is 0. The largest absolute Gasteiger partial charge is 0.494 e. The minimum Gasteiger partial charge on any atom is -0.494 e. The third-order valence-corrected chi connectivity index (χ3v) is 2.61. The molecule has 21 heavy (non-hydrogen) atoms. The molecule has 7 nitrogen and oxygen atoms in total. The fourth-order valence-corrected chi connectivity index (χ4v) is 1.57. The lowest BCUT2D eigenvalue weighted by atomic mass is 10.2. The molecule has 0 bridgehead atoms. The van der Waals surface area contributed by atoms with Crippen LogP contribution in [0.25, 0.3) is 0 Å². The maximum absolute atomic E-state index is 11.7. The number of rotatable bonds is 8. The van der Waals surface area contributed by atoms with E-state index in [0.717, 1.165) is 6.42 Å². The number of ether oxygens (including phenoxy) is 1. The van der Waals surface area contributed by atoms with E-state index in [-0.39, 0.29) is 13.0 Å². The van der Waals surface area contributed by atoms with Gasteiger partial charge in [-0.1, -0.05) is 6.92 Å². The summed E-state index contributed by atoms with van der Waals surface area (Å²) in [6, 6.07) is 4.99. The van der Waals surface area contributed by atoms with Crippen molar-refractivity contribution in [2.75, 3.05) is 18.5 Å². The van der Waals surface area contributed by atoms with Crippen molar-refractivity contribution in [2.24, 2.45) is 0 Å². The van der Waals surface area contributed by atoms with E-state index in [1.54, 1.807) is 24.3 Å². The van der Waals surface area contributed by atoms with Crippen molar-refractivity contribution in [3.05, 3.63) is 24.3 Å². The Morgan fingerprint density at radius 2 is 1.95 bits per heavy atom. The van der Waals surface area contributed by atoms with Crippen LogP contribution in [-0.4, -0.2) is 41.5 Å². The molecule has 0 spiro atoms. The highest BCUT2D eigenvalue weighted by Gasteiger charge is 2.19. The lowest BCUT2D eigenvalue weighted by molar-refractivity contribution is -0.139. The highest BCUT2D eigenvalue weighted by atomic mass is 16.5. The second-order valence-corrected chi connectivity index (χ2v) is 4.37. The Morgan fingerprint density at radius 1 is 1.29 bits per heavy atom. The molecule has 0 unspecified atom stereocenters. The lowest BCUT2D eigenvalue weighted by Gasteiger charge is -2.14. The van der Waals surface area contributed by atoms with Gasteiger partial charge in [-0.3, -0.25) is 0 Å². The Kier molecular flexibility index (Phi) is 7.03. The fraction of sp³-hybridized carbons (Fsp3) is 0.429. The number of aliphatic hydroxyl groups excluding tert-OH is 1. The van der Waals surface area contributed by atoms with E-state index in [1.807, 2.05) is 6.92 Å². The summed E-state index contributed by atoms with van der Waals surface area (Å²) in [5, 5.41) is 22.4. The minimum absolute atomic E-state index is 0.0491. The van der Waals surface area contributed by atoms with Crippen molar-refractivity contribution < 1.29 is 24.5 Å². The van der Waals surface area contributed by atoms with E-state index >= 15 is 0 Å². The molecule has 0 aliphatic carbocycles. The van der Waals surface area contributed by atoms with Gasteiger partial charge in [0.2, 0.25) is 0 Å². The van der Waals surface area contributed by atoms with Crippen molar-refractivity contribution in [1.82, 2.24) is 5.32 Å². The quantitative estimate of drug-likeness (QED) is 0.580. The van der Waals surface area contributed by atoms with Crippen LogP contribution in [0.3, 0.4) is 0 Å². The van der Waals surface area contributed by atoms with E-state index in [2.05, 4.69) is 10.6 Å². The molecule has 0 aromatic heterocycles. The lowest BCUT2D eigenvalue weighted by Crippen LogP contribution is -2.43. The monoisotopic (exact) mass is 296 g/mol. The number of nitrogens with one attached hydrogen (secondary N) is 2. The maximum Gasteiger partial charge on any atom is 0.326 e. The van der Waals surface area contributed by atoms with Gasteiger partial charge in [0, 0.05) is 18.7 Å². The first-order chi connectivity index (χ1) is 10.1. The number of carboxylic acid groups (broad SMARTS) is 1. The number of hydrogen-bond donors (Lipinski definition) is 4. The van der Waals surface area contributed by atoms with Crippen LogP contribution in [0.15, 0.2) is 24.3 Å². The standard InChI is InChI=1S/C14H20N2O5/c1-2-9-21-11-5-3-10(4-6-11)15-14(20)16-12(7-8-17)13(18)19/h3-6,12,17H,2,7-9H2,1H3,(H,18,19)(H2,15,16,20)/t12-/m0/s1. The third kappa shape index (κ3) is 6.13. The van der Waals surface area contributed by atoms with Crippen molar-refractivity contribution in [2.45, 2.75) is 25.8 Å². The first kappa shape index (κ1) is 16.8. The Hall–Kier alpha value is -2.28. The van der Waals surface area contributed by atoms with Gasteiger partial charge in [-0.2, -0.15) is 0 Å². The normalized spacial score (nSPS) is 11.5. The molecule has 1 atom stereocenters. The molecule has 1 aromatic carbocycles. The highest BCUT2D eigenvalue weighted by Crippen LogP contribution is 2.15. The molecule has 0 aliphatic rings. The van der Waals surface area contributed by atoms with E-state index < -0.39 is 18.0 Å². The summed E-state index contributed by atoms with van der Waals surface area (Å²) in [5.41, 5.74) is 0.518. The molecule has 2 amide bonds. The van der Waals surface area contributed by atoms with E-state index in [1.165, 1.54) is 0 Å². The Bertz CT molecular complexity index is 461. The van der Waals surface area contributed by atoms with Crippen molar-refractivity contribution in [1.29, 1.82) is 0 Å². The number of benzene rings is 1. The van der Waals surface area contributed by atoms with Gasteiger partial charge in [-0.25, -0.2) is 9.59 Å². The Labute approximate surface area is 122 Å². The van der Waals surface area contributed by atoms with E-state index in [9.17, 15) is 9.59 Å². The smallest absolute Gasteiger partial charge is 0.326 e. The minimum atomic E-state index is -1.19. The van der Waals surface area contributed by atoms with Gasteiger partial charge in [0.1, 0.15) is 11.8 Å². The van der Waals surface area contributed by atoms with Crippen molar-refractivity contribution in [3.8, 4) is 5.75 Å². The van der Waals surface area contributed by atoms with E-state index in [0.29, 0.717) is 18.0 Å². The highest BCUT2D eigenvalue weighted by molar-refractivity contribution is 5.92. The predicted molar refractivity (Wildman–Crippen MR) is 77.5 cm³/mol. The number of hydrogen-bond acceptors (Lipinski definition) is 4. The molecule has 116 valence electrons. The van der Waals surface area contributed by atoms with Crippen molar-refractivity contribution >= 4 is 17.7 Å².